The summed E-state index contributed by atoms with van der Waals surface area (Å²) in [5.74, 6) is -0.948. The lowest BCUT2D eigenvalue weighted by molar-refractivity contribution is 0.0696. The van der Waals surface area contributed by atoms with E-state index in [9.17, 15) is 14.7 Å². The maximum Gasteiger partial charge on any atom is 0.335 e. The lowest BCUT2D eigenvalue weighted by Gasteiger charge is -2.31. The molecule has 0 aromatic heterocycles. The quantitative estimate of drug-likeness (QED) is 0.240. The molecule has 2 rings (SSSR count). The van der Waals surface area contributed by atoms with Gasteiger partial charge in [-0.05, 0) is 51.0 Å². The number of Topliss-reactive ketones (excluding diaryl/α,β-unsaturated/α-hetero) is 1. The Hall–Kier alpha value is -2.95. The second-order valence-electron chi connectivity index (χ2n) is 7.93. The van der Waals surface area contributed by atoms with E-state index in [0.717, 1.165) is 24.2 Å². The van der Waals surface area contributed by atoms with Crippen molar-refractivity contribution in [3.8, 4) is 0 Å². The van der Waals surface area contributed by atoms with Crippen LogP contribution in [0.1, 0.15) is 86.1 Å². The Labute approximate surface area is 185 Å². The van der Waals surface area contributed by atoms with Crippen LogP contribution in [0.4, 0.5) is 11.4 Å². The number of hydrogen-bond donors (Lipinski definition) is 1. The van der Waals surface area contributed by atoms with Gasteiger partial charge in [0.15, 0.2) is 5.78 Å². The van der Waals surface area contributed by atoms with Gasteiger partial charge in [0.2, 0.25) is 0 Å². The molecule has 0 spiro atoms. The van der Waals surface area contributed by atoms with E-state index < -0.39 is 5.97 Å². The highest BCUT2D eigenvalue weighted by molar-refractivity contribution is 5.95. The van der Waals surface area contributed by atoms with E-state index in [1.165, 1.54) is 32.6 Å². The number of benzene rings is 2. The number of aromatic carboxylic acids is 1. The SMILES string of the molecule is CCCCCCC(C)N(CC)c1ccc(C(=O)O)cc1N=Cc1ccc(C(C)=O)cc1. The monoisotopic (exact) mass is 422 g/mol. The highest BCUT2D eigenvalue weighted by Gasteiger charge is 2.17. The van der Waals surface area contributed by atoms with Crippen molar-refractivity contribution in [2.24, 2.45) is 4.99 Å². The number of ketones is 1. The van der Waals surface area contributed by atoms with Crippen LogP contribution in [0, 0.1) is 0 Å². The Morgan fingerprint density at radius 3 is 2.29 bits per heavy atom. The summed E-state index contributed by atoms with van der Waals surface area (Å²) < 4.78 is 0. The molecular formula is C26H34N2O3. The van der Waals surface area contributed by atoms with E-state index in [0.29, 0.717) is 17.3 Å². The third kappa shape index (κ3) is 7.06. The van der Waals surface area contributed by atoms with Crippen molar-refractivity contribution in [3.63, 3.8) is 0 Å². The van der Waals surface area contributed by atoms with Crippen molar-refractivity contribution in [1.82, 2.24) is 0 Å². The molecule has 2 aromatic carbocycles. The third-order valence-electron chi connectivity index (χ3n) is 5.55. The molecule has 1 atom stereocenters. The van der Waals surface area contributed by atoms with Crippen LogP contribution in [0.2, 0.25) is 0 Å². The van der Waals surface area contributed by atoms with Gasteiger partial charge in [0, 0.05) is 24.4 Å². The molecule has 0 fully saturated rings. The minimum absolute atomic E-state index is 0.0199. The summed E-state index contributed by atoms with van der Waals surface area (Å²) in [4.78, 5) is 29.9. The molecule has 0 amide bonds. The van der Waals surface area contributed by atoms with Gasteiger partial charge in [-0.1, -0.05) is 56.9 Å². The summed E-state index contributed by atoms with van der Waals surface area (Å²) in [7, 11) is 0. The van der Waals surface area contributed by atoms with E-state index in [2.05, 4.69) is 30.7 Å². The number of unbranched alkanes of at least 4 members (excludes halogenated alkanes) is 3. The van der Waals surface area contributed by atoms with Gasteiger partial charge in [0.05, 0.1) is 16.9 Å². The largest absolute Gasteiger partial charge is 0.478 e. The van der Waals surface area contributed by atoms with Crippen molar-refractivity contribution in [1.29, 1.82) is 0 Å². The molecule has 0 saturated heterocycles. The zero-order valence-corrected chi connectivity index (χ0v) is 19.1. The van der Waals surface area contributed by atoms with E-state index in [1.54, 1.807) is 30.5 Å². The first-order valence-corrected chi connectivity index (χ1v) is 11.2. The maximum atomic E-state index is 11.5. The number of carbonyl (C=O) groups is 2. The normalized spacial score (nSPS) is 12.1. The molecule has 0 radical (unpaired) electrons. The minimum Gasteiger partial charge on any atom is -0.478 e. The van der Waals surface area contributed by atoms with Crippen molar-refractivity contribution in [3.05, 3.63) is 59.2 Å². The van der Waals surface area contributed by atoms with Crippen LogP contribution in [0.5, 0.6) is 0 Å². The van der Waals surface area contributed by atoms with Gasteiger partial charge in [-0.3, -0.25) is 9.79 Å². The Balaban J connectivity index is 2.31. The summed E-state index contributed by atoms with van der Waals surface area (Å²) in [6.07, 6.45) is 7.69. The van der Waals surface area contributed by atoms with Crippen LogP contribution in [0.3, 0.4) is 0 Å². The highest BCUT2D eigenvalue weighted by Crippen LogP contribution is 2.32. The first kappa shape index (κ1) is 24.3. The molecule has 31 heavy (non-hydrogen) atoms. The zero-order valence-electron chi connectivity index (χ0n) is 19.1. The van der Waals surface area contributed by atoms with Gasteiger partial charge in [-0.15, -0.1) is 0 Å². The van der Waals surface area contributed by atoms with Gasteiger partial charge < -0.3 is 10.0 Å². The van der Waals surface area contributed by atoms with E-state index in [1.807, 2.05) is 18.2 Å². The van der Waals surface area contributed by atoms with Gasteiger partial charge in [0.25, 0.3) is 0 Å². The van der Waals surface area contributed by atoms with Crippen molar-refractivity contribution in [2.45, 2.75) is 65.8 Å². The van der Waals surface area contributed by atoms with Crippen molar-refractivity contribution < 1.29 is 14.7 Å². The van der Waals surface area contributed by atoms with E-state index in [4.69, 9.17) is 0 Å². The number of nitrogens with zero attached hydrogens (tertiary/aromatic N) is 2. The van der Waals surface area contributed by atoms with Crippen LogP contribution in [-0.4, -0.2) is 35.7 Å². The number of carboxylic acids is 1. The predicted octanol–water partition coefficient (Wildman–Crippen LogP) is 6.52. The molecule has 0 saturated carbocycles. The number of anilines is 1. The van der Waals surface area contributed by atoms with Crippen molar-refractivity contribution >= 4 is 29.3 Å². The van der Waals surface area contributed by atoms with Gasteiger partial charge in [0.1, 0.15) is 0 Å². The molecule has 166 valence electrons. The number of hydrogen-bond acceptors (Lipinski definition) is 4. The zero-order chi connectivity index (χ0) is 22.8. The number of rotatable bonds is 12. The maximum absolute atomic E-state index is 11.5. The molecule has 0 aliphatic heterocycles. The topological polar surface area (TPSA) is 70.0 Å². The standard InChI is InChI=1S/C26H34N2O3/c1-5-7-8-9-10-19(3)28(6-2)25-16-15-23(26(30)31)17-24(25)27-18-21-11-13-22(14-12-21)20(4)29/h11-19H,5-10H2,1-4H3,(H,30,31). The molecule has 1 unspecified atom stereocenters. The fourth-order valence-corrected chi connectivity index (χ4v) is 3.69. The molecule has 0 aliphatic rings. The van der Waals surface area contributed by atoms with Crippen LogP contribution in [-0.2, 0) is 0 Å². The molecule has 0 aliphatic carbocycles. The summed E-state index contributed by atoms with van der Waals surface area (Å²) in [5, 5.41) is 9.44. The fourth-order valence-electron chi connectivity index (χ4n) is 3.69. The van der Waals surface area contributed by atoms with Gasteiger partial charge in [-0.25, -0.2) is 4.79 Å². The van der Waals surface area contributed by atoms with Crippen molar-refractivity contribution in [2.75, 3.05) is 11.4 Å². The molecule has 2 aromatic rings. The van der Waals surface area contributed by atoms with Crippen LogP contribution >= 0.6 is 0 Å². The smallest absolute Gasteiger partial charge is 0.335 e. The average molecular weight is 423 g/mol. The van der Waals surface area contributed by atoms with E-state index >= 15 is 0 Å². The molecular weight excluding hydrogens is 388 g/mol. The first-order valence-electron chi connectivity index (χ1n) is 11.2. The average Bonchev–Trinajstić information content (AvgIpc) is 2.76. The van der Waals surface area contributed by atoms with Crippen LogP contribution < -0.4 is 4.90 Å². The minimum atomic E-state index is -0.968. The lowest BCUT2D eigenvalue weighted by atomic mass is 10.1. The highest BCUT2D eigenvalue weighted by atomic mass is 16.4. The first-order chi connectivity index (χ1) is 14.9. The molecule has 1 N–H and O–H groups in total. The summed E-state index contributed by atoms with van der Waals surface area (Å²) in [6, 6.07) is 12.7. The lowest BCUT2D eigenvalue weighted by Crippen LogP contribution is -2.33. The second kappa shape index (κ2) is 12.0. The summed E-state index contributed by atoms with van der Waals surface area (Å²) in [5.41, 5.74) is 3.30. The van der Waals surface area contributed by atoms with Crippen LogP contribution in [0.25, 0.3) is 0 Å². The van der Waals surface area contributed by atoms with Gasteiger partial charge >= 0.3 is 5.97 Å². The fraction of sp³-hybridized carbons (Fsp3) is 0.423. The third-order valence-corrected chi connectivity index (χ3v) is 5.55. The molecule has 5 heteroatoms. The summed E-state index contributed by atoms with van der Waals surface area (Å²) in [6.45, 7) is 8.90. The molecule has 0 heterocycles. The Kier molecular flexibility index (Phi) is 9.44. The van der Waals surface area contributed by atoms with E-state index in [-0.39, 0.29) is 11.3 Å². The number of carbonyl (C=O) groups excluding carboxylic acids is 1. The number of aliphatic imine (C=N–C) groups is 1. The van der Waals surface area contributed by atoms with Gasteiger partial charge in [-0.2, -0.15) is 0 Å². The predicted molar refractivity (Wildman–Crippen MR) is 128 cm³/mol. The Morgan fingerprint density at radius 2 is 1.71 bits per heavy atom. The molecule has 0 bridgehead atoms. The van der Waals surface area contributed by atoms with Crippen LogP contribution in [0.15, 0.2) is 47.5 Å². The second-order valence-corrected chi connectivity index (χ2v) is 7.93. The number of carboxylic acid groups (broad SMARTS) is 1. The molecule has 5 nitrogen and oxygen atoms in total. The summed E-state index contributed by atoms with van der Waals surface area (Å²) >= 11 is 0. The Morgan fingerprint density at radius 1 is 1.03 bits per heavy atom. The Bertz CT molecular complexity index is 903.